The maximum Gasteiger partial charge on any atom is 0.443 e. The summed E-state index contributed by atoms with van der Waals surface area (Å²) in [6, 6.07) is 0. The van der Waals surface area contributed by atoms with Gasteiger partial charge >= 0.3 is 6.18 Å². The Bertz CT molecular complexity index is 526. The summed E-state index contributed by atoms with van der Waals surface area (Å²) >= 11 is 0. The summed E-state index contributed by atoms with van der Waals surface area (Å²) < 4.78 is 57.8. The lowest BCUT2D eigenvalue weighted by Crippen LogP contribution is -2.72. The van der Waals surface area contributed by atoms with Gasteiger partial charge in [-0.25, -0.2) is 0 Å². The number of ether oxygens (including phenoxy) is 3. The SMILES string of the molecule is CC1CCC2C(C)C(O)(C(F)(F)F)OC3OC4(C)CCC1C32O4. The van der Waals surface area contributed by atoms with E-state index in [0.717, 1.165) is 12.8 Å². The molecule has 0 aromatic rings. The van der Waals surface area contributed by atoms with Gasteiger partial charge in [0, 0.05) is 18.3 Å². The lowest BCUT2D eigenvalue weighted by Gasteiger charge is -2.60. The monoisotopic (exact) mass is 336 g/mol. The summed E-state index contributed by atoms with van der Waals surface area (Å²) in [6.07, 6.45) is -3.14. The average Bonchev–Trinajstić information content (AvgIpc) is 2.64. The van der Waals surface area contributed by atoms with E-state index in [2.05, 4.69) is 6.92 Å². The predicted molar refractivity (Wildman–Crippen MR) is 73.0 cm³/mol. The Labute approximate surface area is 133 Å². The molecule has 8 atom stereocenters. The van der Waals surface area contributed by atoms with Crippen LogP contribution in [0.1, 0.15) is 46.5 Å². The highest BCUT2D eigenvalue weighted by molar-refractivity contribution is 5.15. The molecule has 0 aromatic carbocycles. The number of fused-ring (bicyclic) bond motifs is 1. The van der Waals surface area contributed by atoms with Gasteiger partial charge in [-0.15, -0.1) is 0 Å². The van der Waals surface area contributed by atoms with E-state index in [9.17, 15) is 18.3 Å². The fraction of sp³-hybridized carbons (Fsp3) is 1.00. The second kappa shape index (κ2) is 4.42. The normalized spacial score (nSPS) is 58.8. The number of alkyl halides is 3. The Morgan fingerprint density at radius 2 is 1.74 bits per heavy atom. The smallest absolute Gasteiger partial charge is 0.358 e. The van der Waals surface area contributed by atoms with Crippen LogP contribution in [0.2, 0.25) is 0 Å². The summed E-state index contributed by atoms with van der Waals surface area (Å²) in [5.41, 5.74) is -0.873. The highest BCUT2D eigenvalue weighted by Gasteiger charge is 2.77. The molecule has 2 bridgehead atoms. The Morgan fingerprint density at radius 3 is 2.39 bits per heavy atom. The van der Waals surface area contributed by atoms with Gasteiger partial charge in [0.15, 0.2) is 12.1 Å². The number of hydrogen-bond donors (Lipinski definition) is 1. The third-order valence-corrected chi connectivity index (χ3v) is 6.72. The molecule has 4 fully saturated rings. The van der Waals surface area contributed by atoms with Crippen molar-refractivity contribution in [1.82, 2.24) is 0 Å². The number of aliphatic hydroxyl groups is 1. The van der Waals surface area contributed by atoms with E-state index in [4.69, 9.17) is 14.2 Å². The molecule has 1 saturated carbocycles. The van der Waals surface area contributed by atoms with Crippen molar-refractivity contribution < 1.29 is 32.5 Å². The molecular formula is C16H23F3O4. The van der Waals surface area contributed by atoms with E-state index in [1.807, 2.05) is 0 Å². The van der Waals surface area contributed by atoms with Gasteiger partial charge in [0.2, 0.25) is 0 Å². The van der Waals surface area contributed by atoms with Gasteiger partial charge < -0.3 is 19.3 Å². The zero-order chi connectivity index (χ0) is 16.8. The fourth-order valence-corrected chi connectivity index (χ4v) is 5.52. The number of hydrogen-bond acceptors (Lipinski definition) is 4. The van der Waals surface area contributed by atoms with Gasteiger partial charge in [0.05, 0.1) is 0 Å². The minimum absolute atomic E-state index is 0.0991. The first-order chi connectivity index (χ1) is 10.5. The molecule has 3 saturated heterocycles. The minimum Gasteiger partial charge on any atom is -0.358 e. The van der Waals surface area contributed by atoms with Crippen LogP contribution in [-0.2, 0) is 14.2 Å². The average molecular weight is 336 g/mol. The quantitative estimate of drug-likeness (QED) is 0.738. The molecule has 1 spiro atoms. The van der Waals surface area contributed by atoms with E-state index in [0.29, 0.717) is 18.8 Å². The number of rotatable bonds is 0. The minimum atomic E-state index is -4.87. The highest BCUT2D eigenvalue weighted by atomic mass is 19.4. The Kier molecular flexibility index (Phi) is 3.10. The van der Waals surface area contributed by atoms with E-state index in [1.54, 1.807) is 6.92 Å². The lowest BCUT2D eigenvalue weighted by atomic mass is 9.56. The van der Waals surface area contributed by atoms with Crippen molar-refractivity contribution in [2.45, 2.75) is 76.1 Å². The van der Waals surface area contributed by atoms with Crippen LogP contribution in [0.3, 0.4) is 0 Å². The molecule has 0 radical (unpaired) electrons. The number of halogens is 3. The second-order valence-corrected chi connectivity index (χ2v) is 7.95. The fourth-order valence-electron chi connectivity index (χ4n) is 5.52. The van der Waals surface area contributed by atoms with Crippen molar-refractivity contribution in [2.75, 3.05) is 0 Å². The third kappa shape index (κ3) is 1.82. The molecule has 3 aliphatic heterocycles. The topological polar surface area (TPSA) is 47.9 Å². The van der Waals surface area contributed by atoms with Crippen molar-refractivity contribution >= 4 is 0 Å². The van der Waals surface area contributed by atoms with Crippen LogP contribution in [0, 0.1) is 23.7 Å². The Hall–Kier alpha value is -0.370. The van der Waals surface area contributed by atoms with Crippen LogP contribution in [-0.4, -0.2) is 34.7 Å². The molecule has 4 rings (SSSR count). The van der Waals surface area contributed by atoms with Crippen LogP contribution in [0.4, 0.5) is 13.2 Å². The first kappa shape index (κ1) is 16.1. The van der Waals surface area contributed by atoms with E-state index in [1.165, 1.54) is 6.92 Å². The second-order valence-electron chi connectivity index (χ2n) is 7.95. The molecule has 1 N–H and O–H groups in total. The van der Waals surface area contributed by atoms with Crippen LogP contribution in [0.5, 0.6) is 0 Å². The van der Waals surface area contributed by atoms with Gasteiger partial charge in [0.25, 0.3) is 5.79 Å². The zero-order valence-electron chi connectivity index (χ0n) is 13.5. The van der Waals surface area contributed by atoms with Crippen LogP contribution >= 0.6 is 0 Å². The summed E-state index contributed by atoms with van der Waals surface area (Å²) in [4.78, 5) is 0. The van der Waals surface area contributed by atoms with Crippen molar-refractivity contribution in [3.63, 3.8) is 0 Å². The summed E-state index contributed by atoms with van der Waals surface area (Å²) in [5, 5.41) is 10.3. The molecule has 7 heteroatoms. The Balaban J connectivity index is 1.82. The molecule has 0 amide bonds. The van der Waals surface area contributed by atoms with E-state index >= 15 is 0 Å². The maximum absolute atomic E-state index is 13.5. The first-order valence-corrected chi connectivity index (χ1v) is 8.38. The molecular weight excluding hydrogens is 313 g/mol. The Morgan fingerprint density at radius 1 is 1.04 bits per heavy atom. The zero-order valence-corrected chi connectivity index (χ0v) is 13.5. The van der Waals surface area contributed by atoms with E-state index < -0.39 is 41.5 Å². The van der Waals surface area contributed by atoms with Crippen LogP contribution in [0.25, 0.3) is 0 Å². The van der Waals surface area contributed by atoms with Crippen molar-refractivity contribution in [3.8, 4) is 0 Å². The molecule has 1 aliphatic carbocycles. The summed E-state index contributed by atoms with van der Waals surface area (Å²) in [5.74, 6) is -5.20. The maximum atomic E-state index is 13.5. The van der Waals surface area contributed by atoms with Crippen LogP contribution < -0.4 is 0 Å². The molecule has 4 aliphatic rings. The lowest BCUT2D eigenvalue weighted by molar-refractivity contribution is -0.455. The first-order valence-electron chi connectivity index (χ1n) is 8.38. The highest BCUT2D eigenvalue weighted by Crippen LogP contribution is 2.65. The molecule has 4 nitrogen and oxygen atoms in total. The summed E-state index contributed by atoms with van der Waals surface area (Å²) in [6.45, 7) is 5.29. The van der Waals surface area contributed by atoms with Gasteiger partial charge in [0.1, 0.15) is 5.60 Å². The molecule has 132 valence electrons. The standard InChI is InChI=1S/C16H23F3O4/c1-8-4-5-11-9(2)15(20,16(17,18)19)22-12-14(11)10(8)6-7-13(3,21-12)23-14/h8-12,20H,4-7H2,1-3H3. The molecule has 23 heavy (non-hydrogen) atoms. The van der Waals surface area contributed by atoms with E-state index in [-0.39, 0.29) is 5.92 Å². The van der Waals surface area contributed by atoms with Gasteiger partial charge in [-0.3, -0.25) is 0 Å². The van der Waals surface area contributed by atoms with Gasteiger partial charge in [-0.2, -0.15) is 13.2 Å². The predicted octanol–water partition coefficient (Wildman–Crippen LogP) is 3.19. The summed E-state index contributed by atoms with van der Waals surface area (Å²) in [7, 11) is 0. The molecule has 8 unspecified atom stereocenters. The molecule has 0 aromatic heterocycles. The third-order valence-electron chi connectivity index (χ3n) is 6.72. The van der Waals surface area contributed by atoms with Gasteiger partial charge in [-0.1, -0.05) is 13.8 Å². The van der Waals surface area contributed by atoms with Crippen molar-refractivity contribution in [2.24, 2.45) is 23.7 Å². The largest absolute Gasteiger partial charge is 0.443 e. The van der Waals surface area contributed by atoms with Gasteiger partial charge in [-0.05, 0) is 38.0 Å². The molecule has 3 heterocycles. The van der Waals surface area contributed by atoms with Crippen molar-refractivity contribution in [3.05, 3.63) is 0 Å². The van der Waals surface area contributed by atoms with Crippen LogP contribution in [0.15, 0.2) is 0 Å². The van der Waals surface area contributed by atoms with Crippen molar-refractivity contribution in [1.29, 1.82) is 0 Å².